The molecule has 2 rings (SSSR count). The Hall–Kier alpha value is -2.54. The Bertz CT molecular complexity index is 845. The Balaban J connectivity index is 2.20. The lowest BCUT2D eigenvalue weighted by Crippen LogP contribution is -2.18. The van der Waals surface area contributed by atoms with E-state index in [0.29, 0.717) is 5.56 Å². The van der Waals surface area contributed by atoms with Crippen LogP contribution < -0.4 is 9.57 Å². The van der Waals surface area contributed by atoms with Crippen LogP contribution in [0.3, 0.4) is 0 Å². The van der Waals surface area contributed by atoms with Crippen LogP contribution in [0, 0.1) is 13.8 Å². The van der Waals surface area contributed by atoms with Gasteiger partial charge in [0.2, 0.25) is 0 Å². The van der Waals surface area contributed by atoms with Crippen molar-refractivity contribution >= 4 is 16.2 Å². The fourth-order valence-corrected chi connectivity index (χ4v) is 2.78. The number of methoxy groups -OCH3 is 1. The first-order valence-corrected chi connectivity index (χ1v) is 8.31. The number of hydrogen-bond donors (Lipinski definition) is 2. The average Bonchev–Trinajstić information content (AvgIpc) is 2.51. The highest BCUT2D eigenvalue weighted by Crippen LogP contribution is 2.27. The summed E-state index contributed by atoms with van der Waals surface area (Å²) >= 11 is 0. The molecule has 0 unspecified atom stereocenters. The van der Waals surface area contributed by atoms with Gasteiger partial charge in [-0.15, -0.1) is 0 Å². The molecule has 2 aromatic carbocycles. The fraction of sp³-hybridized carbons (Fsp3) is 0.188. The Morgan fingerprint density at radius 2 is 1.91 bits per heavy atom. The van der Waals surface area contributed by atoms with E-state index in [0.717, 1.165) is 11.1 Å². The lowest BCUT2D eigenvalue weighted by atomic mass is 10.1. The molecule has 0 saturated carbocycles. The summed E-state index contributed by atoms with van der Waals surface area (Å²) in [6, 6.07) is 9.68. The monoisotopic (exact) mass is 334 g/mol. The molecule has 6 nitrogen and oxygen atoms in total. The van der Waals surface area contributed by atoms with Gasteiger partial charge in [0.05, 0.1) is 18.2 Å². The van der Waals surface area contributed by atoms with Crippen molar-refractivity contribution in [1.82, 2.24) is 4.83 Å². The predicted molar refractivity (Wildman–Crippen MR) is 88.5 cm³/mol. The molecule has 0 amide bonds. The van der Waals surface area contributed by atoms with Crippen molar-refractivity contribution in [1.29, 1.82) is 0 Å². The van der Waals surface area contributed by atoms with Gasteiger partial charge in [0.15, 0.2) is 11.5 Å². The summed E-state index contributed by atoms with van der Waals surface area (Å²) in [5.41, 5.74) is 2.23. The van der Waals surface area contributed by atoms with E-state index in [1.54, 1.807) is 30.3 Å². The van der Waals surface area contributed by atoms with E-state index in [4.69, 9.17) is 4.74 Å². The summed E-state index contributed by atoms with van der Waals surface area (Å²) in [6.45, 7) is 3.74. The lowest BCUT2D eigenvalue weighted by molar-refractivity contribution is 0.373. The summed E-state index contributed by atoms with van der Waals surface area (Å²) in [7, 11) is -2.33. The predicted octanol–water partition coefficient (Wildman–Crippen LogP) is 2.33. The summed E-state index contributed by atoms with van der Waals surface area (Å²) in [5.74, 6) is 0.176. The number of hydrazone groups is 1. The molecule has 0 fully saturated rings. The number of aromatic hydroxyl groups is 1. The minimum absolute atomic E-state index is 0.107. The molecule has 0 aliphatic heterocycles. The second kappa shape index (κ2) is 6.70. The molecule has 0 radical (unpaired) electrons. The van der Waals surface area contributed by atoms with E-state index in [1.165, 1.54) is 19.4 Å². The molecular weight excluding hydrogens is 316 g/mol. The van der Waals surface area contributed by atoms with Crippen LogP contribution in [0.25, 0.3) is 0 Å². The normalized spacial score (nSPS) is 11.6. The van der Waals surface area contributed by atoms with Crippen molar-refractivity contribution in [2.75, 3.05) is 7.11 Å². The zero-order valence-corrected chi connectivity index (χ0v) is 13.9. The molecule has 0 spiro atoms. The van der Waals surface area contributed by atoms with E-state index in [1.807, 2.05) is 13.8 Å². The Labute approximate surface area is 135 Å². The van der Waals surface area contributed by atoms with Crippen molar-refractivity contribution in [2.45, 2.75) is 18.7 Å². The third-order valence-electron chi connectivity index (χ3n) is 3.42. The quantitative estimate of drug-likeness (QED) is 0.649. The number of phenolic OH excluding ortho intramolecular Hbond substituents is 1. The maximum atomic E-state index is 12.2. The smallest absolute Gasteiger partial charge is 0.276 e. The number of rotatable bonds is 5. The van der Waals surface area contributed by atoms with Gasteiger partial charge < -0.3 is 9.84 Å². The van der Waals surface area contributed by atoms with Crippen molar-refractivity contribution in [3.05, 3.63) is 53.1 Å². The number of nitrogens with zero attached hydrogens (tertiary/aromatic N) is 1. The number of aryl methyl sites for hydroxylation is 2. The molecular formula is C16H18N2O4S. The van der Waals surface area contributed by atoms with Gasteiger partial charge in [-0.2, -0.15) is 13.5 Å². The molecule has 0 aliphatic carbocycles. The van der Waals surface area contributed by atoms with Crippen LogP contribution >= 0.6 is 0 Å². The van der Waals surface area contributed by atoms with Gasteiger partial charge in [0.1, 0.15) is 0 Å². The molecule has 0 saturated heterocycles. The number of sulfonamides is 1. The van der Waals surface area contributed by atoms with Crippen LogP contribution in [0.15, 0.2) is 46.4 Å². The molecule has 0 heterocycles. The Morgan fingerprint density at radius 1 is 1.17 bits per heavy atom. The van der Waals surface area contributed by atoms with Crippen molar-refractivity contribution in [3.63, 3.8) is 0 Å². The fourth-order valence-electron chi connectivity index (χ4n) is 1.91. The highest BCUT2D eigenvalue weighted by atomic mass is 32.2. The zero-order chi connectivity index (χ0) is 17.0. The van der Waals surface area contributed by atoms with E-state index in [2.05, 4.69) is 9.93 Å². The van der Waals surface area contributed by atoms with Crippen LogP contribution in [0.5, 0.6) is 11.5 Å². The maximum Gasteiger partial charge on any atom is 0.276 e. The van der Waals surface area contributed by atoms with Crippen LogP contribution in [0.4, 0.5) is 0 Å². The first-order valence-electron chi connectivity index (χ1n) is 6.83. The highest BCUT2D eigenvalue weighted by molar-refractivity contribution is 7.89. The topological polar surface area (TPSA) is 88.0 Å². The van der Waals surface area contributed by atoms with E-state index in [9.17, 15) is 13.5 Å². The van der Waals surface area contributed by atoms with Crippen LogP contribution in [-0.4, -0.2) is 26.8 Å². The van der Waals surface area contributed by atoms with Gasteiger partial charge in [-0.05, 0) is 49.2 Å². The van der Waals surface area contributed by atoms with E-state index >= 15 is 0 Å². The summed E-state index contributed by atoms with van der Waals surface area (Å²) in [6.07, 6.45) is 1.22. The number of para-hydroxylation sites is 1. The second-order valence-corrected chi connectivity index (χ2v) is 6.66. The van der Waals surface area contributed by atoms with Gasteiger partial charge in [-0.3, -0.25) is 0 Å². The molecule has 0 aromatic heterocycles. The number of phenols is 1. The summed E-state index contributed by atoms with van der Waals surface area (Å²) in [4.78, 5) is 2.26. The SMILES string of the molecule is COc1cccc(/C=N/NS(=O)(=O)c2ccc(C)c(C)c2)c1O. The third kappa shape index (κ3) is 3.81. The molecule has 2 aromatic rings. The van der Waals surface area contributed by atoms with Crippen molar-refractivity contribution < 1.29 is 18.3 Å². The molecule has 0 atom stereocenters. The van der Waals surface area contributed by atoms with Crippen molar-refractivity contribution in [3.8, 4) is 11.5 Å². The Morgan fingerprint density at radius 3 is 2.57 bits per heavy atom. The number of ether oxygens (including phenoxy) is 1. The lowest BCUT2D eigenvalue weighted by Gasteiger charge is -2.07. The average molecular weight is 334 g/mol. The summed E-state index contributed by atoms with van der Waals surface area (Å²) in [5, 5.41) is 13.6. The Kier molecular flexibility index (Phi) is 4.90. The maximum absolute atomic E-state index is 12.2. The summed E-state index contributed by atoms with van der Waals surface area (Å²) < 4.78 is 29.3. The minimum atomic E-state index is -3.76. The zero-order valence-electron chi connectivity index (χ0n) is 13.1. The highest BCUT2D eigenvalue weighted by Gasteiger charge is 2.13. The van der Waals surface area contributed by atoms with Crippen LogP contribution in [-0.2, 0) is 10.0 Å². The molecule has 23 heavy (non-hydrogen) atoms. The van der Waals surface area contributed by atoms with E-state index in [-0.39, 0.29) is 16.4 Å². The number of hydrogen-bond acceptors (Lipinski definition) is 5. The van der Waals surface area contributed by atoms with Crippen LogP contribution in [0.1, 0.15) is 16.7 Å². The number of benzene rings is 2. The van der Waals surface area contributed by atoms with E-state index < -0.39 is 10.0 Å². The molecule has 122 valence electrons. The third-order valence-corrected chi connectivity index (χ3v) is 4.64. The molecule has 2 N–H and O–H groups in total. The molecule has 0 bridgehead atoms. The first kappa shape index (κ1) is 16.8. The minimum Gasteiger partial charge on any atom is -0.504 e. The van der Waals surface area contributed by atoms with Gasteiger partial charge in [-0.25, -0.2) is 4.83 Å². The molecule has 7 heteroatoms. The van der Waals surface area contributed by atoms with Gasteiger partial charge in [-0.1, -0.05) is 12.1 Å². The van der Waals surface area contributed by atoms with Gasteiger partial charge in [0.25, 0.3) is 10.0 Å². The van der Waals surface area contributed by atoms with Gasteiger partial charge in [0, 0.05) is 5.56 Å². The largest absolute Gasteiger partial charge is 0.504 e. The molecule has 0 aliphatic rings. The standard InChI is InChI=1S/C16H18N2O4S/c1-11-7-8-14(9-12(11)2)23(20,21)18-17-10-13-5-4-6-15(22-3)16(13)19/h4-10,18-19H,1-3H3/b17-10+. The van der Waals surface area contributed by atoms with Gasteiger partial charge >= 0.3 is 0 Å². The second-order valence-electron chi connectivity index (χ2n) is 5.00. The number of nitrogens with one attached hydrogen (secondary N) is 1. The van der Waals surface area contributed by atoms with Crippen molar-refractivity contribution in [2.24, 2.45) is 5.10 Å². The first-order chi connectivity index (χ1) is 10.8. The van der Waals surface area contributed by atoms with Crippen LogP contribution in [0.2, 0.25) is 0 Å².